The lowest BCUT2D eigenvalue weighted by molar-refractivity contribution is -0.118. The number of carbonyl (C=O) groups excluding carboxylic acids is 2. The van der Waals surface area contributed by atoms with Crippen molar-refractivity contribution in [1.29, 1.82) is 0 Å². The van der Waals surface area contributed by atoms with E-state index in [1.165, 1.54) is 5.01 Å². The number of hydrogen-bond acceptors (Lipinski definition) is 3. The molecule has 1 heterocycles. The van der Waals surface area contributed by atoms with Crippen molar-refractivity contribution in [2.45, 2.75) is 12.8 Å². The van der Waals surface area contributed by atoms with Gasteiger partial charge in [0.05, 0.1) is 5.69 Å². The summed E-state index contributed by atoms with van der Waals surface area (Å²) < 4.78 is 0. The van der Waals surface area contributed by atoms with Crippen molar-refractivity contribution in [2.24, 2.45) is 5.10 Å². The first-order valence-electron chi connectivity index (χ1n) is 7.45. The highest BCUT2D eigenvalue weighted by Gasteiger charge is 2.27. The Morgan fingerprint density at radius 1 is 1.00 bits per heavy atom. The van der Waals surface area contributed by atoms with E-state index < -0.39 is 0 Å². The minimum absolute atomic E-state index is 0.102. The van der Waals surface area contributed by atoms with Crippen LogP contribution in [-0.4, -0.2) is 24.6 Å². The molecule has 23 heavy (non-hydrogen) atoms. The average Bonchev–Trinajstić information content (AvgIpc) is 2.62. The minimum atomic E-state index is -0.190. The summed E-state index contributed by atoms with van der Waals surface area (Å²) in [6.45, 7) is 0. The first kappa shape index (κ1) is 15.0. The lowest BCUT2D eigenvalue weighted by Crippen LogP contribution is -2.40. The Hall–Kier alpha value is -2.95. The van der Waals surface area contributed by atoms with Gasteiger partial charge in [0.15, 0.2) is 0 Å². The molecular formula is C18H17N3O2. The van der Waals surface area contributed by atoms with Crippen molar-refractivity contribution in [2.75, 3.05) is 17.0 Å². The summed E-state index contributed by atoms with van der Waals surface area (Å²) >= 11 is 0. The molecule has 3 rings (SSSR count). The van der Waals surface area contributed by atoms with Crippen LogP contribution in [0, 0.1) is 0 Å². The van der Waals surface area contributed by atoms with E-state index in [4.69, 9.17) is 0 Å². The zero-order valence-electron chi connectivity index (χ0n) is 12.8. The zero-order chi connectivity index (χ0) is 16.2. The SMILES string of the molecule is CN(C(=O)C1=NN(c2ccccc2)C(=O)CC1)c1ccccc1. The third-order valence-corrected chi connectivity index (χ3v) is 3.73. The largest absolute Gasteiger partial charge is 0.310 e. The highest BCUT2D eigenvalue weighted by atomic mass is 16.2. The number of anilines is 2. The molecule has 0 bridgehead atoms. The molecule has 0 saturated heterocycles. The smallest absolute Gasteiger partial charge is 0.274 e. The molecule has 1 aliphatic rings. The molecule has 0 aliphatic carbocycles. The van der Waals surface area contributed by atoms with Crippen LogP contribution in [0.2, 0.25) is 0 Å². The van der Waals surface area contributed by atoms with E-state index in [0.717, 1.165) is 5.69 Å². The highest BCUT2D eigenvalue weighted by molar-refractivity contribution is 6.44. The number of amides is 2. The van der Waals surface area contributed by atoms with E-state index in [0.29, 0.717) is 17.8 Å². The van der Waals surface area contributed by atoms with Gasteiger partial charge in [0.25, 0.3) is 5.91 Å². The van der Waals surface area contributed by atoms with Crippen molar-refractivity contribution in [3.05, 3.63) is 60.7 Å². The highest BCUT2D eigenvalue weighted by Crippen LogP contribution is 2.21. The summed E-state index contributed by atoms with van der Waals surface area (Å²) in [5.74, 6) is -0.292. The molecule has 5 nitrogen and oxygen atoms in total. The topological polar surface area (TPSA) is 53.0 Å². The second kappa shape index (κ2) is 6.44. The van der Waals surface area contributed by atoms with Crippen LogP contribution in [0.4, 0.5) is 11.4 Å². The molecule has 5 heteroatoms. The molecule has 0 unspecified atom stereocenters. The van der Waals surface area contributed by atoms with E-state index in [1.807, 2.05) is 48.5 Å². The summed E-state index contributed by atoms with van der Waals surface area (Å²) in [5.41, 5.74) is 1.85. The van der Waals surface area contributed by atoms with E-state index in [-0.39, 0.29) is 18.2 Å². The normalized spacial score (nSPS) is 14.4. The van der Waals surface area contributed by atoms with Crippen molar-refractivity contribution in [1.82, 2.24) is 0 Å². The third kappa shape index (κ3) is 3.13. The zero-order valence-corrected chi connectivity index (χ0v) is 12.8. The van der Waals surface area contributed by atoms with E-state index in [2.05, 4.69) is 5.10 Å². The van der Waals surface area contributed by atoms with Crippen LogP contribution in [0.15, 0.2) is 65.8 Å². The van der Waals surface area contributed by atoms with E-state index in [1.54, 1.807) is 24.1 Å². The van der Waals surface area contributed by atoms with Gasteiger partial charge in [0.1, 0.15) is 5.71 Å². The number of para-hydroxylation sites is 2. The Labute approximate surface area is 134 Å². The Kier molecular flexibility index (Phi) is 4.19. The number of nitrogens with zero attached hydrogens (tertiary/aromatic N) is 3. The number of rotatable bonds is 3. The molecule has 0 N–H and O–H groups in total. The number of hydrogen-bond donors (Lipinski definition) is 0. The second-order valence-corrected chi connectivity index (χ2v) is 5.29. The molecule has 0 radical (unpaired) electrons. The van der Waals surface area contributed by atoms with Crippen LogP contribution < -0.4 is 9.91 Å². The van der Waals surface area contributed by atoms with Gasteiger partial charge < -0.3 is 4.90 Å². The molecule has 116 valence electrons. The molecule has 0 fully saturated rings. The molecule has 1 aliphatic heterocycles. The summed E-state index contributed by atoms with van der Waals surface area (Å²) in [7, 11) is 1.71. The van der Waals surface area contributed by atoms with Gasteiger partial charge in [-0.25, -0.2) is 5.01 Å². The van der Waals surface area contributed by atoms with Crippen molar-refractivity contribution in [3.63, 3.8) is 0 Å². The Morgan fingerprint density at radius 2 is 1.61 bits per heavy atom. The van der Waals surface area contributed by atoms with Gasteiger partial charge in [0.2, 0.25) is 5.91 Å². The van der Waals surface area contributed by atoms with Gasteiger partial charge in [-0.05, 0) is 24.3 Å². The maximum Gasteiger partial charge on any atom is 0.274 e. The molecule has 2 aromatic rings. The first-order chi connectivity index (χ1) is 11.2. The molecule has 0 saturated carbocycles. The van der Waals surface area contributed by atoms with Crippen LogP contribution in [0.25, 0.3) is 0 Å². The standard InChI is InChI=1S/C18H17N3O2/c1-20(14-8-4-2-5-9-14)18(23)16-12-13-17(22)21(19-16)15-10-6-3-7-11-15/h2-11H,12-13H2,1H3. The molecule has 0 aromatic heterocycles. The average molecular weight is 307 g/mol. The third-order valence-electron chi connectivity index (χ3n) is 3.73. The van der Waals surface area contributed by atoms with Gasteiger partial charge in [-0.3, -0.25) is 9.59 Å². The lowest BCUT2D eigenvalue weighted by Gasteiger charge is -2.25. The summed E-state index contributed by atoms with van der Waals surface area (Å²) in [6, 6.07) is 18.5. The summed E-state index contributed by atoms with van der Waals surface area (Å²) in [6.07, 6.45) is 0.639. The fraction of sp³-hybridized carbons (Fsp3) is 0.167. The molecular weight excluding hydrogens is 290 g/mol. The van der Waals surface area contributed by atoms with Crippen molar-refractivity contribution < 1.29 is 9.59 Å². The quantitative estimate of drug-likeness (QED) is 0.875. The van der Waals surface area contributed by atoms with Gasteiger partial charge in [0, 0.05) is 25.6 Å². The fourth-order valence-corrected chi connectivity index (χ4v) is 2.44. The van der Waals surface area contributed by atoms with Gasteiger partial charge in [-0.15, -0.1) is 0 Å². The van der Waals surface area contributed by atoms with Gasteiger partial charge >= 0.3 is 0 Å². The predicted octanol–water partition coefficient (Wildman–Crippen LogP) is 2.83. The number of benzene rings is 2. The van der Waals surface area contributed by atoms with E-state index >= 15 is 0 Å². The Morgan fingerprint density at radius 3 is 2.26 bits per heavy atom. The second-order valence-electron chi connectivity index (χ2n) is 5.29. The van der Waals surface area contributed by atoms with Crippen LogP contribution in [0.5, 0.6) is 0 Å². The van der Waals surface area contributed by atoms with Gasteiger partial charge in [-0.1, -0.05) is 36.4 Å². The predicted molar refractivity (Wildman–Crippen MR) is 90.4 cm³/mol. The molecule has 0 spiro atoms. The fourth-order valence-electron chi connectivity index (χ4n) is 2.44. The number of hydrazone groups is 1. The number of carbonyl (C=O) groups is 2. The maximum absolute atomic E-state index is 12.6. The Bertz CT molecular complexity index is 741. The first-order valence-corrected chi connectivity index (χ1v) is 7.45. The van der Waals surface area contributed by atoms with Crippen molar-refractivity contribution >= 4 is 28.9 Å². The Balaban J connectivity index is 1.87. The molecule has 2 aromatic carbocycles. The maximum atomic E-state index is 12.6. The van der Waals surface area contributed by atoms with Gasteiger partial charge in [-0.2, -0.15) is 5.10 Å². The molecule has 2 amide bonds. The lowest BCUT2D eigenvalue weighted by atomic mass is 10.1. The summed E-state index contributed by atoms with van der Waals surface area (Å²) in [5, 5.41) is 5.60. The van der Waals surface area contributed by atoms with Crippen LogP contribution >= 0.6 is 0 Å². The van der Waals surface area contributed by atoms with E-state index in [9.17, 15) is 9.59 Å². The monoisotopic (exact) mass is 307 g/mol. The van der Waals surface area contributed by atoms with Crippen LogP contribution in [0.1, 0.15) is 12.8 Å². The van der Waals surface area contributed by atoms with Crippen molar-refractivity contribution in [3.8, 4) is 0 Å². The minimum Gasteiger partial charge on any atom is -0.310 e. The summed E-state index contributed by atoms with van der Waals surface area (Å²) in [4.78, 5) is 26.3. The van der Waals surface area contributed by atoms with Crippen LogP contribution in [-0.2, 0) is 9.59 Å². The molecule has 0 atom stereocenters. The van der Waals surface area contributed by atoms with Crippen LogP contribution in [0.3, 0.4) is 0 Å².